The summed E-state index contributed by atoms with van der Waals surface area (Å²) in [6, 6.07) is 0. The summed E-state index contributed by atoms with van der Waals surface area (Å²) >= 11 is 0. The molecule has 0 aliphatic heterocycles. The van der Waals surface area contributed by atoms with Gasteiger partial charge in [-0.15, -0.1) is 0 Å². The van der Waals surface area contributed by atoms with E-state index in [9.17, 15) is 30.8 Å². The molecule has 1 N–H and O–H groups in total. The van der Waals surface area contributed by atoms with Crippen LogP contribution in [0.3, 0.4) is 0 Å². The Morgan fingerprint density at radius 3 is 1.59 bits per heavy atom. The van der Waals surface area contributed by atoms with Gasteiger partial charge in [0.1, 0.15) is 0 Å². The van der Waals surface area contributed by atoms with Crippen molar-refractivity contribution >= 4 is 15.9 Å². The minimum absolute atomic E-state index is 0.632. The quantitative estimate of drug-likeness (QED) is 0.385. The monoisotopic (exact) mass is 272 g/mol. The molecular formula is C8H4F4O4S. The van der Waals surface area contributed by atoms with Crippen molar-refractivity contribution in [1.82, 2.24) is 0 Å². The zero-order valence-corrected chi connectivity index (χ0v) is 8.91. The molecule has 0 heterocycles. The summed E-state index contributed by atoms with van der Waals surface area (Å²) in [5, 5.41) is 0. The average Bonchev–Trinajstić information content (AvgIpc) is 2.12. The summed E-state index contributed by atoms with van der Waals surface area (Å²) in [5.74, 6) is -10.4. The summed E-state index contributed by atoms with van der Waals surface area (Å²) in [5.41, 5.74) is -1.55. The SMILES string of the molecule is CC(=O)c1c(F)c(F)c(S(=O)(=O)O)c(F)c1F. The van der Waals surface area contributed by atoms with Crippen LogP contribution in [0.25, 0.3) is 0 Å². The summed E-state index contributed by atoms with van der Waals surface area (Å²) in [7, 11) is -5.49. The first-order valence-corrected chi connectivity index (χ1v) is 5.37. The Labute approximate surface area is 92.6 Å². The van der Waals surface area contributed by atoms with Gasteiger partial charge in [-0.1, -0.05) is 0 Å². The summed E-state index contributed by atoms with van der Waals surface area (Å²) in [6.07, 6.45) is 0. The lowest BCUT2D eigenvalue weighted by Crippen LogP contribution is -2.14. The predicted molar refractivity (Wildman–Crippen MR) is 46.1 cm³/mol. The van der Waals surface area contributed by atoms with Gasteiger partial charge in [-0.25, -0.2) is 17.6 Å². The van der Waals surface area contributed by atoms with E-state index in [1.807, 2.05) is 0 Å². The fraction of sp³-hybridized carbons (Fsp3) is 0.125. The molecule has 1 rings (SSSR count). The lowest BCUT2D eigenvalue weighted by molar-refractivity contribution is 0.100. The molecule has 0 bridgehead atoms. The van der Waals surface area contributed by atoms with E-state index in [2.05, 4.69) is 0 Å². The van der Waals surface area contributed by atoms with Crippen molar-refractivity contribution in [3.8, 4) is 0 Å². The highest BCUT2D eigenvalue weighted by molar-refractivity contribution is 7.85. The topological polar surface area (TPSA) is 71.4 Å². The van der Waals surface area contributed by atoms with Crippen LogP contribution in [0.5, 0.6) is 0 Å². The van der Waals surface area contributed by atoms with Crippen molar-refractivity contribution < 1.29 is 35.3 Å². The number of carbonyl (C=O) groups excluding carboxylic acids is 1. The van der Waals surface area contributed by atoms with Crippen molar-refractivity contribution in [3.05, 3.63) is 28.8 Å². The summed E-state index contributed by atoms with van der Waals surface area (Å²) in [6.45, 7) is 0.632. The molecule has 0 aromatic heterocycles. The second-order valence-electron chi connectivity index (χ2n) is 2.99. The molecular weight excluding hydrogens is 268 g/mol. The van der Waals surface area contributed by atoms with Crippen LogP contribution in [0, 0.1) is 23.3 Å². The van der Waals surface area contributed by atoms with Crippen LogP contribution in [0.4, 0.5) is 17.6 Å². The molecule has 0 aliphatic carbocycles. The number of rotatable bonds is 2. The molecule has 4 nitrogen and oxygen atoms in total. The fourth-order valence-electron chi connectivity index (χ4n) is 1.15. The molecule has 94 valence electrons. The molecule has 1 aromatic rings. The number of benzene rings is 1. The van der Waals surface area contributed by atoms with Crippen LogP contribution < -0.4 is 0 Å². The van der Waals surface area contributed by atoms with Crippen LogP contribution in [-0.2, 0) is 10.1 Å². The molecule has 0 saturated heterocycles. The maximum Gasteiger partial charge on any atom is 0.300 e. The second kappa shape index (κ2) is 4.08. The number of hydrogen-bond donors (Lipinski definition) is 1. The highest BCUT2D eigenvalue weighted by Crippen LogP contribution is 2.27. The van der Waals surface area contributed by atoms with E-state index in [0.717, 1.165) is 0 Å². The van der Waals surface area contributed by atoms with Crippen LogP contribution in [0.15, 0.2) is 4.90 Å². The Morgan fingerprint density at radius 1 is 1.00 bits per heavy atom. The zero-order valence-electron chi connectivity index (χ0n) is 8.09. The van der Waals surface area contributed by atoms with Crippen molar-refractivity contribution in [2.24, 2.45) is 0 Å². The largest absolute Gasteiger partial charge is 0.300 e. The van der Waals surface area contributed by atoms with Crippen LogP contribution in [0.1, 0.15) is 17.3 Å². The van der Waals surface area contributed by atoms with Gasteiger partial charge in [0.25, 0.3) is 0 Å². The maximum atomic E-state index is 13.1. The smallest absolute Gasteiger partial charge is 0.294 e. The predicted octanol–water partition coefficient (Wildman–Crippen LogP) is 1.69. The molecule has 0 spiro atoms. The third kappa shape index (κ3) is 2.15. The first-order valence-electron chi connectivity index (χ1n) is 3.93. The van der Waals surface area contributed by atoms with Crippen molar-refractivity contribution in [1.29, 1.82) is 0 Å². The molecule has 0 amide bonds. The third-order valence-electron chi connectivity index (χ3n) is 1.83. The lowest BCUT2D eigenvalue weighted by atomic mass is 10.1. The van der Waals surface area contributed by atoms with Crippen LogP contribution >= 0.6 is 0 Å². The molecule has 0 aliphatic rings. The molecule has 0 radical (unpaired) electrons. The molecule has 0 saturated carbocycles. The van der Waals surface area contributed by atoms with Gasteiger partial charge in [-0.3, -0.25) is 9.35 Å². The molecule has 17 heavy (non-hydrogen) atoms. The maximum absolute atomic E-state index is 13.1. The first kappa shape index (κ1) is 13.6. The van der Waals surface area contributed by atoms with Crippen LogP contribution in [-0.4, -0.2) is 18.8 Å². The Kier molecular flexibility index (Phi) is 3.26. The van der Waals surface area contributed by atoms with Gasteiger partial charge < -0.3 is 0 Å². The van der Waals surface area contributed by atoms with Gasteiger partial charge in [0.05, 0.1) is 5.56 Å². The fourth-order valence-corrected chi connectivity index (χ4v) is 1.78. The Morgan fingerprint density at radius 2 is 1.35 bits per heavy atom. The van der Waals surface area contributed by atoms with E-state index < -0.39 is 49.6 Å². The number of Topliss-reactive ketones (excluding diaryl/α,β-unsaturated/α-hetero) is 1. The van der Waals surface area contributed by atoms with Crippen LogP contribution in [0.2, 0.25) is 0 Å². The van der Waals surface area contributed by atoms with E-state index in [0.29, 0.717) is 6.92 Å². The minimum atomic E-state index is -5.49. The Bertz CT molecular complexity index is 579. The Balaban J connectivity index is 3.91. The summed E-state index contributed by atoms with van der Waals surface area (Å²) < 4.78 is 81.8. The standard InChI is InChI=1S/C8H4F4O4S/c1-2(13)3-4(9)6(11)8(17(14,15)16)7(12)5(3)10/h1H3,(H,14,15,16). The molecule has 0 unspecified atom stereocenters. The van der Waals surface area contributed by atoms with Gasteiger partial charge in [-0.05, 0) is 6.92 Å². The van der Waals surface area contributed by atoms with Crippen molar-refractivity contribution in [3.63, 3.8) is 0 Å². The zero-order chi connectivity index (χ0) is 13.5. The molecule has 9 heteroatoms. The Hall–Kier alpha value is -1.48. The van der Waals surface area contributed by atoms with Crippen molar-refractivity contribution in [2.45, 2.75) is 11.8 Å². The first-order chi connectivity index (χ1) is 7.59. The number of halogens is 4. The molecule has 0 fully saturated rings. The van der Waals surface area contributed by atoms with E-state index in [4.69, 9.17) is 4.55 Å². The normalized spacial score (nSPS) is 11.6. The van der Waals surface area contributed by atoms with E-state index in [1.54, 1.807) is 0 Å². The number of hydrogen-bond acceptors (Lipinski definition) is 3. The van der Waals surface area contributed by atoms with Crippen molar-refractivity contribution in [2.75, 3.05) is 0 Å². The average molecular weight is 272 g/mol. The van der Waals surface area contributed by atoms with E-state index >= 15 is 0 Å². The van der Waals surface area contributed by atoms with Gasteiger partial charge in [0.2, 0.25) is 0 Å². The minimum Gasteiger partial charge on any atom is -0.294 e. The number of ketones is 1. The van der Waals surface area contributed by atoms with Gasteiger partial charge in [0.15, 0.2) is 33.9 Å². The summed E-state index contributed by atoms with van der Waals surface area (Å²) in [4.78, 5) is 8.56. The highest BCUT2D eigenvalue weighted by atomic mass is 32.2. The third-order valence-corrected chi connectivity index (χ3v) is 2.71. The second-order valence-corrected chi connectivity index (χ2v) is 4.35. The van der Waals surface area contributed by atoms with E-state index in [-0.39, 0.29) is 0 Å². The highest BCUT2D eigenvalue weighted by Gasteiger charge is 2.33. The van der Waals surface area contributed by atoms with Gasteiger partial charge in [0, 0.05) is 0 Å². The lowest BCUT2D eigenvalue weighted by Gasteiger charge is -2.07. The number of carbonyl (C=O) groups is 1. The van der Waals surface area contributed by atoms with Gasteiger partial charge in [-0.2, -0.15) is 8.42 Å². The van der Waals surface area contributed by atoms with E-state index in [1.165, 1.54) is 0 Å². The molecule has 1 aromatic carbocycles. The van der Waals surface area contributed by atoms with Gasteiger partial charge >= 0.3 is 10.1 Å². The molecule has 0 atom stereocenters.